The summed E-state index contributed by atoms with van der Waals surface area (Å²) in [4.78, 5) is 13.2. The van der Waals surface area contributed by atoms with Crippen molar-refractivity contribution in [3.8, 4) is 5.75 Å². The molecule has 0 amide bonds. The number of aryl methyl sites for hydroxylation is 1. The van der Waals surface area contributed by atoms with Crippen LogP contribution in [0.1, 0.15) is 28.7 Å². The first-order valence-electron chi connectivity index (χ1n) is 8.84. The molecule has 1 aliphatic rings. The number of ether oxygens (including phenoxy) is 1. The Morgan fingerprint density at radius 3 is 2.57 bits per heavy atom. The Hall–Kier alpha value is -3.54. The molecule has 0 fully saturated rings. The Morgan fingerprint density at radius 2 is 1.86 bits per heavy atom. The van der Waals surface area contributed by atoms with E-state index in [1.54, 1.807) is 31.8 Å². The summed E-state index contributed by atoms with van der Waals surface area (Å²) >= 11 is 0. The number of nitrogens with two attached hydrogens (primary N) is 1. The predicted molar refractivity (Wildman–Crippen MR) is 109 cm³/mol. The minimum atomic E-state index is -0.255. The second-order valence-corrected chi connectivity index (χ2v) is 6.57. The average molecular weight is 374 g/mol. The molecule has 4 rings (SSSR count). The summed E-state index contributed by atoms with van der Waals surface area (Å²) in [6, 6.07) is 10.5. The van der Waals surface area contributed by atoms with E-state index in [1.807, 2.05) is 25.1 Å². The fraction of sp³-hybridized carbons (Fsp3) is 0.136. The molecule has 140 valence electrons. The van der Waals surface area contributed by atoms with Gasteiger partial charge in [-0.25, -0.2) is 9.37 Å². The SMILES string of the molecule is COc1cc(C2=C(c3ccncc3)N=C(c3ccc(F)cc3C)C2)cnc1N. The first-order valence-corrected chi connectivity index (χ1v) is 8.84. The Morgan fingerprint density at radius 1 is 1.07 bits per heavy atom. The zero-order valence-corrected chi connectivity index (χ0v) is 15.6. The van der Waals surface area contributed by atoms with Crippen LogP contribution in [0.4, 0.5) is 10.2 Å². The zero-order valence-electron chi connectivity index (χ0n) is 15.6. The van der Waals surface area contributed by atoms with Crippen molar-refractivity contribution in [3.63, 3.8) is 0 Å². The molecule has 0 atom stereocenters. The van der Waals surface area contributed by atoms with E-state index in [-0.39, 0.29) is 5.82 Å². The highest BCUT2D eigenvalue weighted by Gasteiger charge is 2.23. The van der Waals surface area contributed by atoms with Gasteiger partial charge in [0.05, 0.1) is 18.5 Å². The molecule has 3 aromatic rings. The summed E-state index contributed by atoms with van der Waals surface area (Å²) in [5, 5.41) is 0. The highest BCUT2D eigenvalue weighted by atomic mass is 19.1. The monoisotopic (exact) mass is 374 g/mol. The number of rotatable bonds is 4. The van der Waals surface area contributed by atoms with E-state index in [0.717, 1.165) is 39.2 Å². The fourth-order valence-corrected chi connectivity index (χ4v) is 3.37. The lowest BCUT2D eigenvalue weighted by Gasteiger charge is -2.10. The van der Waals surface area contributed by atoms with Crippen molar-refractivity contribution in [1.82, 2.24) is 9.97 Å². The number of allylic oxidation sites excluding steroid dienone is 1. The first-order chi connectivity index (χ1) is 13.6. The third kappa shape index (κ3) is 3.24. The van der Waals surface area contributed by atoms with E-state index in [0.29, 0.717) is 18.0 Å². The summed E-state index contributed by atoms with van der Waals surface area (Å²) < 4.78 is 18.9. The number of aromatic nitrogens is 2. The summed E-state index contributed by atoms with van der Waals surface area (Å²) in [5.74, 6) is 0.603. The highest BCUT2D eigenvalue weighted by Crippen LogP contribution is 2.38. The van der Waals surface area contributed by atoms with E-state index in [2.05, 4.69) is 9.97 Å². The van der Waals surface area contributed by atoms with Gasteiger partial charge in [-0.05, 0) is 60.0 Å². The Labute approximate surface area is 162 Å². The number of aliphatic imine (C=N–C) groups is 1. The Balaban J connectivity index is 1.84. The molecule has 0 bridgehead atoms. The fourth-order valence-electron chi connectivity index (χ4n) is 3.37. The summed E-state index contributed by atoms with van der Waals surface area (Å²) in [5.41, 5.74) is 12.2. The van der Waals surface area contributed by atoms with Gasteiger partial charge in [0.1, 0.15) is 5.82 Å². The van der Waals surface area contributed by atoms with Crippen LogP contribution in [0.15, 0.2) is 60.0 Å². The molecule has 0 saturated carbocycles. The molecular formula is C22H19FN4O. The molecule has 6 heteroatoms. The van der Waals surface area contributed by atoms with Crippen LogP contribution in [0.2, 0.25) is 0 Å². The first kappa shape index (κ1) is 17.9. The molecular weight excluding hydrogens is 355 g/mol. The Kier molecular flexibility index (Phi) is 4.61. The smallest absolute Gasteiger partial charge is 0.166 e. The molecule has 1 aromatic carbocycles. The third-order valence-electron chi connectivity index (χ3n) is 4.78. The lowest BCUT2D eigenvalue weighted by molar-refractivity contribution is 0.415. The normalized spacial score (nSPS) is 13.6. The van der Waals surface area contributed by atoms with Crippen molar-refractivity contribution >= 4 is 22.8 Å². The molecule has 5 nitrogen and oxygen atoms in total. The lowest BCUT2D eigenvalue weighted by Crippen LogP contribution is -2.02. The minimum absolute atomic E-state index is 0.255. The number of nitrogen functional groups attached to an aromatic ring is 1. The standard InChI is InChI=1S/C22H19FN4O/c1-13-9-16(23)3-4-17(13)19-11-18(15-10-20(28-2)22(24)26-12-15)21(27-19)14-5-7-25-8-6-14/h3-10,12H,11H2,1-2H3,(H2,24,26). The van der Waals surface area contributed by atoms with Crippen molar-refractivity contribution in [1.29, 1.82) is 0 Å². The number of anilines is 1. The number of halogens is 1. The van der Waals surface area contributed by atoms with E-state index in [9.17, 15) is 4.39 Å². The van der Waals surface area contributed by atoms with Gasteiger partial charge in [-0.15, -0.1) is 0 Å². The van der Waals surface area contributed by atoms with E-state index >= 15 is 0 Å². The summed E-state index contributed by atoms with van der Waals surface area (Å²) in [7, 11) is 1.56. The van der Waals surface area contributed by atoms with Gasteiger partial charge in [-0.3, -0.25) is 9.98 Å². The van der Waals surface area contributed by atoms with Gasteiger partial charge in [0.15, 0.2) is 11.6 Å². The molecule has 2 N–H and O–H groups in total. The molecule has 0 spiro atoms. The predicted octanol–water partition coefficient (Wildman–Crippen LogP) is 4.28. The number of pyridine rings is 2. The molecule has 0 saturated heterocycles. The Bertz CT molecular complexity index is 1110. The molecule has 0 aliphatic carbocycles. The molecule has 0 unspecified atom stereocenters. The van der Waals surface area contributed by atoms with Gasteiger partial charge >= 0.3 is 0 Å². The van der Waals surface area contributed by atoms with Crippen molar-refractivity contribution < 1.29 is 9.13 Å². The lowest BCUT2D eigenvalue weighted by atomic mass is 9.95. The average Bonchev–Trinajstić information content (AvgIpc) is 3.14. The van der Waals surface area contributed by atoms with Crippen LogP contribution < -0.4 is 10.5 Å². The molecule has 28 heavy (non-hydrogen) atoms. The van der Waals surface area contributed by atoms with Gasteiger partial charge in [0.2, 0.25) is 0 Å². The zero-order chi connectivity index (χ0) is 19.7. The number of benzene rings is 1. The van der Waals surface area contributed by atoms with Gasteiger partial charge in [0, 0.05) is 36.1 Å². The highest BCUT2D eigenvalue weighted by molar-refractivity contribution is 6.17. The van der Waals surface area contributed by atoms with Gasteiger partial charge in [-0.1, -0.05) is 0 Å². The van der Waals surface area contributed by atoms with Crippen molar-refractivity contribution in [3.05, 3.63) is 83.1 Å². The van der Waals surface area contributed by atoms with Crippen LogP contribution in [0, 0.1) is 12.7 Å². The van der Waals surface area contributed by atoms with E-state index in [4.69, 9.17) is 15.5 Å². The second kappa shape index (κ2) is 7.23. The number of hydrogen-bond donors (Lipinski definition) is 1. The van der Waals surface area contributed by atoms with Gasteiger partial charge in [-0.2, -0.15) is 0 Å². The van der Waals surface area contributed by atoms with Crippen LogP contribution in [0.5, 0.6) is 5.75 Å². The second-order valence-electron chi connectivity index (χ2n) is 6.57. The summed E-state index contributed by atoms with van der Waals surface area (Å²) in [6.45, 7) is 1.89. The quantitative estimate of drug-likeness (QED) is 0.740. The van der Waals surface area contributed by atoms with E-state index in [1.165, 1.54) is 12.1 Å². The minimum Gasteiger partial charge on any atom is -0.493 e. The molecule has 3 heterocycles. The molecule has 2 aromatic heterocycles. The number of hydrogen-bond acceptors (Lipinski definition) is 5. The van der Waals surface area contributed by atoms with Crippen molar-refractivity contribution in [2.45, 2.75) is 13.3 Å². The topological polar surface area (TPSA) is 73.4 Å². The van der Waals surface area contributed by atoms with Gasteiger partial charge in [0.25, 0.3) is 0 Å². The van der Waals surface area contributed by atoms with Crippen LogP contribution in [0.3, 0.4) is 0 Å². The summed E-state index contributed by atoms with van der Waals surface area (Å²) in [6.07, 6.45) is 5.79. The molecule has 0 radical (unpaired) electrons. The van der Waals surface area contributed by atoms with Crippen molar-refractivity contribution in [2.24, 2.45) is 4.99 Å². The van der Waals surface area contributed by atoms with Crippen LogP contribution >= 0.6 is 0 Å². The third-order valence-corrected chi connectivity index (χ3v) is 4.78. The van der Waals surface area contributed by atoms with Crippen LogP contribution in [-0.2, 0) is 0 Å². The van der Waals surface area contributed by atoms with E-state index < -0.39 is 0 Å². The maximum Gasteiger partial charge on any atom is 0.166 e. The number of methoxy groups -OCH3 is 1. The number of nitrogens with zero attached hydrogens (tertiary/aromatic N) is 3. The maximum absolute atomic E-state index is 13.5. The van der Waals surface area contributed by atoms with Crippen LogP contribution in [-0.4, -0.2) is 22.8 Å². The van der Waals surface area contributed by atoms with Crippen molar-refractivity contribution in [2.75, 3.05) is 12.8 Å². The van der Waals surface area contributed by atoms with Crippen LogP contribution in [0.25, 0.3) is 11.3 Å². The maximum atomic E-state index is 13.5. The molecule has 1 aliphatic heterocycles. The van der Waals surface area contributed by atoms with Gasteiger partial charge < -0.3 is 10.5 Å². The largest absolute Gasteiger partial charge is 0.493 e.